The highest BCUT2D eigenvalue weighted by Gasteiger charge is 2.20. The predicted molar refractivity (Wildman–Crippen MR) is 72.5 cm³/mol. The van der Waals surface area contributed by atoms with Crippen LogP contribution in [0.3, 0.4) is 0 Å². The molecule has 9 heteroatoms. The van der Waals surface area contributed by atoms with Crippen molar-refractivity contribution in [2.24, 2.45) is 0 Å². The summed E-state index contributed by atoms with van der Waals surface area (Å²) in [5, 5.41) is 32.0. The largest absolute Gasteiger partial charge is 0.545 e. The van der Waals surface area contributed by atoms with Crippen LogP contribution in [-0.4, -0.2) is 21.2 Å². The molecule has 22 heavy (non-hydrogen) atoms. The van der Waals surface area contributed by atoms with Crippen LogP contribution in [0.4, 0.5) is 17.1 Å². The Bertz CT molecular complexity index is 889. The number of nitrogens with zero attached hydrogens (tertiary/aromatic N) is 3. The number of anilines is 2. The molecule has 0 amide bonds. The van der Waals surface area contributed by atoms with E-state index >= 15 is 0 Å². The summed E-state index contributed by atoms with van der Waals surface area (Å²) in [6, 6.07) is 8.73. The zero-order chi connectivity index (χ0) is 15.7. The number of nitro benzene ring substituents is 1. The van der Waals surface area contributed by atoms with E-state index in [1.165, 1.54) is 24.3 Å². The molecular formula is C13H7N4O5-. The summed E-state index contributed by atoms with van der Waals surface area (Å²) in [5.41, 5.74) is 0.389. The van der Waals surface area contributed by atoms with Crippen LogP contribution in [0, 0.1) is 10.1 Å². The number of carbonyl (C=O) groups excluding carboxylic acids is 1. The fraction of sp³-hybridized carbons (Fsp3) is 0. The van der Waals surface area contributed by atoms with Crippen molar-refractivity contribution in [2.45, 2.75) is 0 Å². The molecule has 2 aromatic carbocycles. The summed E-state index contributed by atoms with van der Waals surface area (Å²) >= 11 is 0. The van der Waals surface area contributed by atoms with Gasteiger partial charge in [-0.3, -0.25) is 10.1 Å². The Morgan fingerprint density at radius 3 is 2.55 bits per heavy atom. The summed E-state index contributed by atoms with van der Waals surface area (Å²) in [4.78, 5) is 21.4. The Morgan fingerprint density at radius 2 is 1.82 bits per heavy atom. The number of para-hydroxylation sites is 1. The number of carbonyl (C=O) groups is 1. The number of rotatable bonds is 4. The molecule has 0 radical (unpaired) electrons. The molecule has 0 aliphatic rings. The molecule has 9 nitrogen and oxygen atoms in total. The van der Waals surface area contributed by atoms with Gasteiger partial charge in [-0.25, -0.2) is 4.63 Å². The van der Waals surface area contributed by atoms with E-state index in [2.05, 4.69) is 20.3 Å². The van der Waals surface area contributed by atoms with Gasteiger partial charge in [0, 0.05) is 17.3 Å². The van der Waals surface area contributed by atoms with Crippen LogP contribution in [0.5, 0.6) is 0 Å². The molecule has 0 fully saturated rings. The lowest BCUT2D eigenvalue weighted by Crippen LogP contribution is -2.23. The maximum absolute atomic E-state index is 11.1. The fourth-order valence-electron chi connectivity index (χ4n) is 2.02. The van der Waals surface area contributed by atoms with Gasteiger partial charge >= 0.3 is 5.69 Å². The highest BCUT2D eigenvalue weighted by molar-refractivity contribution is 5.98. The van der Waals surface area contributed by atoms with Gasteiger partial charge in [0.1, 0.15) is 0 Å². The lowest BCUT2D eigenvalue weighted by molar-refractivity contribution is -0.383. The van der Waals surface area contributed by atoms with Gasteiger partial charge < -0.3 is 15.2 Å². The van der Waals surface area contributed by atoms with E-state index in [1.807, 2.05) is 0 Å². The van der Waals surface area contributed by atoms with Crippen LogP contribution in [-0.2, 0) is 0 Å². The molecule has 3 rings (SSSR count). The summed E-state index contributed by atoms with van der Waals surface area (Å²) in [6.45, 7) is 0. The maximum Gasteiger partial charge on any atom is 0.300 e. The van der Waals surface area contributed by atoms with Crippen molar-refractivity contribution in [1.82, 2.24) is 10.3 Å². The van der Waals surface area contributed by atoms with Crippen LogP contribution in [0.15, 0.2) is 41.0 Å². The van der Waals surface area contributed by atoms with Gasteiger partial charge in [0.2, 0.25) is 5.52 Å². The van der Waals surface area contributed by atoms with Crippen molar-refractivity contribution >= 4 is 34.1 Å². The van der Waals surface area contributed by atoms with Crippen LogP contribution >= 0.6 is 0 Å². The maximum atomic E-state index is 11.1. The van der Waals surface area contributed by atoms with Gasteiger partial charge in [-0.1, -0.05) is 18.2 Å². The van der Waals surface area contributed by atoms with E-state index in [1.54, 1.807) is 12.1 Å². The highest BCUT2D eigenvalue weighted by atomic mass is 16.6. The van der Waals surface area contributed by atoms with Gasteiger partial charge in [-0.05, 0) is 22.4 Å². The van der Waals surface area contributed by atoms with Crippen molar-refractivity contribution in [3.8, 4) is 0 Å². The van der Waals surface area contributed by atoms with Crippen LogP contribution in [0.1, 0.15) is 10.4 Å². The average Bonchev–Trinajstić information content (AvgIpc) is 2.97. The topological polar surface area (TPSA) is 134 Å². The number of carboxylic acid groups (broad SMARTS) is 1. The molecule has 110 valence electrons. The Kier molecular flexibility index (Phi) is 3.14. The molecule has 0 spiro atoms. The SMILES string of the molecule is O=C([O-])c1ccccc1Nc1ccc([N+](=O)[O-])c2nonc12. The standard InChI is InChI=1S/C13H8N4O5/c18-13(19)7-3-1-2-4-8(7)14-9-5-6-10(17(20)21)12-11(9)15-22-16-12/h1-6,14H,(H,18,19)/p-1. The first-order chi connectivity index (χ1) is 10.6. The lowest BCUT2D eigenvalue weighted by atomic mass is 10.1. The van der Waals surface area contributed by atoms with Gasteiger partial charge in [0.05, 0.1) is 16.6 Å². The molecule has 0 aliphatic carbocycles. The second kappa shape index (κ2) is 5.13. The second-order valence-electron chi connectivity index (χ2n) is 4.31. The van der Waals surface area contributed by atoms with Gasteiger partial charge in [-0.2, -0.15) is 0 Å². The molecule has 1 N–H and O–H groups in total. The Labute approximate surface area is 122 Å². The lowest BCUT2D eigenvalue weighted by Gasteiger charge is -2.12. The first kappa shape index (κ1) is 13.5. The van der Waals surface area contributed by atoms with E-state index < -0.39 is 10.9 Å². The van der Waals surface area contributed by atoms with E-state index in [0.717, 1.165) is 0 Å². The Balaban J connectivity index is 2.10. The zero-order valence-corrected chi connectivity index (χ0v) is 10.8. The van der Waals surface area contributed by atoms with Gasteiger partial charge in [0.25, 0.3) is 0 Å². The molecule has 0 saturated heterocycles. The first-order valence-electron chi connectivity index (χ1n) is 6.05. The molecule has 0 unspecified atom stereocenters. The van der Waals surface area contributed by atoms with E-state index in [-0.39, 0.29) is 28.0 Å². The number of non-ortho nitro benzene ring substituents is 1. The molecule has 1 aromatic heterocycles. The van der Waals surface area contributed by atoms with Gasteiger partial charge in [-0.15, -0.1) is 0 Å². The number of carboxylic acids is 1. The number of nitrogens with one attached hydrogen (secondary N) is 1. The first-order valence-corrected chi connectivity index (χ1v) is 6.05. The number of hydrogen-bond donors (Lipinski definition) is 1. The monoisotopic (exact) mass is 299 g/mol. The van der Waals surface area contributed by atoms with Crippen molar-refractivity contribution in [3.63, 3.8) is 0 Å². The third-order valence-electron chi connectivity index (χ3n) is 3.01. The van der Waals surface area contributed by atoms with Crippen molar-refractivity contribution in [3.05, 3.63) is 52.1 Å². The number of fused-ring (bicyclic) bond motifs is 1. The minimum Gasteiger partial charge on any atom is -0.545 e. The summed E-state index contributed by atoms with van der Waals surface area (Å²) in [5.74, 6) is -1.35. The summed E-state index contributed by atoms with van der Waals surface area (Å²) < 4.78 is 4.54. The molecule has 0 aliphatic heterocycles. The predicted octanol–water partition coefficient (Wildman–Crippen LogP) is 1.24. The number of nitro groups is 1. The number of aromatic carboxylic acids is 1. The Morgan fingerprint density at radius 1 is 1.09 bits per heavy atom. The highest BCUT2D eigenvalue weighted by Crippen LogP contribution is 2.31. The molecular weight excluding hydrogens is 292 g/mol. The van der Waals surface area contributed by atoms with Crippen LogP contribution < -0.4 is 10.4 Å². The second-order valence-corrected chi connectivity index (χ2v) is 4.31. The number of aromatic nitrogens is 2. The normalized spacial score (nSPS) is 10.5. The van der Waals surface area contributed by atoms with Crippen molar-refractivity contribution in [1.29, 1.82) is 0 Å². The molecule has 0 bridgehead atoms. The molecule has 0 atom stereocenters. The van der Waals surface area contributed by atoms with Crippen molar-refractivity contribution in [2.75, 3.05) is 5.32 Å². The fourth-order valence-corrected chi connectivity index (χ4v) is 2.02. The van der Waals surface area contributed by atoms with Crippen LogP contribution in [0.25, 0.3) is 11.0 Å². The molecule has 3 aromatic rings. The van der Waals surface area contributed by atoms with E-state index in [0.29, 0.717) is 5.69 Å². The van der Waals surface area contributed by atoms with Gasteiger partial charge in [0.15, 0.2) is 5.52 Å². The molecule has 1 heterocycles. The van der Waals surface area contributed by atoms with Crippen molar-refractivity contribution < 1.29 is 19.5 Å². The van der Waals surface area contributed by atoms with E-state index in [4.69, 9.17) is 0 Å². The Hall–Kier alpha value is -3.49. The molecule has 0 saturated carbocycles. The summed E-state index contributed by atoms with van der Waals surface area (Å²) in [7, 11) is 0. The third kappa shape index (κ3) is 2.20. The smallest absolute Gasteiger partial charge is 0.300 e. The minimum atomic E-state index is -1.35. The average molecular weight is 299 g/mol. The minimum absolute atomic E-state index is 0.0269. The zero-order valence-electron chi connectivity index (χ0n) is 10.8. The van der Waals surface area contributed by atoms with E-state index in [9.17, 15) is 20.0 Å². The number of benzene rings is 2. The third-order valence-corrected chi connectivity index (χ3v) is 3.01. The summed E-state index contributed by atoms with van der Waals surface area (Å²) in [6.07, 6.45) is 0. The number of hydrogen-bond acceptors (Lipinski definition) is 8. The van der Waals surface area contributed by atoms with Crippen LogP contribution in [0.2, 0.25) is 0 Å². The quantitative estimate of drug-likeness (QED) is 0.561.